The molecule has 0 amide bonds. The van der Waals surface area contributed by atoms with Crippen LogP contribution in [0.2, 0.25) is 5.02 Å². The molecule has 6 nitrogen and oxygen atoms in total. The standard InChI is InChI=1S/C14H17ClN2O4S/c1-3-4-7-20-13-6-5-11(9-12(13)15)22(18,19)17-14-8-10(2)21-16-14/h5-6,8-9H,3-4,7H2,1-2H3,(H,16,17). The van der Waals surface area contributed by atoms with Gasteiger partial charge in [-0.1, -0.05) is 30.1 Å². The Morgan fingerprint density at radius 3 is 2.73 bits per heavy atom. The van der Waals surface area contributed by atoms with E-state index in [2.05, 4.69) is 16.8 Å². The summed E-state index contributed by atoms with van der Waals surface area (Å²) in [5, 5.41) is 3.84. The molecule has 2 aromatic rings. The maximum Gasteiger partial charge on any atom is 0.263 e. The van der Waals surface area contributed by atoms with Gasteiger partial charge in [0.2, 0.25) is 0 Å². The van der Waals surface area contributed by atoms with Crippen LogP contribution in [-0.4, -0.2) is 20.2 Å². The summed E-state index contributed by atoms with van der Waals surface area (Å²) in [5.74, 6) is 1.10. The number of aryl methyl sites for hydroxylation is 1. The van der Waals surface area contributed by atoms with E-state index in [4.69, 9.17) is 20.9 Å². The van der Waals surface area contributed by atoms with Crippen LogP contribution in [0.4, 0.5) is 5.82 Å². The first-order valence-electron chi connectivity index (χ1n) is 6.81. The molecule has 0 saturated heterocycles. The maximum absolute atomic E-state index is 12.2. The Balaban J connectivity index is 2.15. The van der Waals surface area contributed by atoms with E-state index in [1.54, 1.807) is 13.0 Å². The molecule has 0 aliphatic carbocycles. The smallest absolute Gasteiger partial charge is 0.263 e. The Bertz CT molecular complexity index is 743. The average Bonchev–Trinajstić information content (AvgIpc) is 2.85. The van der Waals surface area contributed by atoms with E-state index >= 15 is 0 Å². The van der Waals surface area contributed by atoms with Gasteiger partial charge in [-0.3, -0.25) is 4.72 Å². The van der Waals surface area contributed by atoms with Crippen molar-refractivity contribution in [3.8, 4) is 5.75 Å². The summed E-state index contributed by atoms with van der Waals surface area (Å²) in [5.41, 5.74) is 0. The molecule has 2 rings (SSSR count). The molecule has 120 valence electrons. The zero-order valence-electron chi connectivity index (χ0n) is 12.3. The predicted molar refractivity (Wildman–Crippen MR) is 83.9 cm³/mol. The van der Waals surface area contributed by atoms with Crippen LogP contribution < -0.4 is 9.46 Å². The van der Waals surface area contributed by atoms with E-state index in [1.807, 2.05) is 0 Å². The van der Waals surface area contributed by atoms with Crippen molar-refractivity contribution >= 4 is 27.4 Å². The number of aromatic nitrogens is 1. The Labute approximate surface area is 134 Å². The van der Waals surface area contributed by atoms with Gasteiger partial charge in [0.05, 0.1) is 16.5 Å². The summed E-state index contributed by atoms with van der Waals surface area (Å²) in [7, 11) is -3.78. The van der Waals surface area contributed by atoms with Gasteiger partial charge in [0, 0.05) is 6.07 Å². The third-order valence-corrected chi connectivity index (χ3v) is 4.48. The van der Waals surface area contributed by atoms with Crippen LogP contribution in [0, 0.1) is 6.92 Å². The number of unbranched alkanes of at least 4 members (excludes halogenated alkanes) is 1. The normalized spacial score (nSPS) is 11.4. The van der Waals surface area contributed by atoms with Crippen molar-refractivity contribution in [1.82, 2.24) is 5.16 Å². The van der Waals surface area contributed by atoms with Crippen LogP contribution in [0.25, 0.3) is 0 Å². The molecule has 0 aliphatic heterocycles. The second kappa shape index (κ2) is 7.02. The highest BCUT2D eigenvalue weighted by Gasteiger charge is 2.18. The van der Waals surface area contributed by atoms with Crippen LogP contribution in [0.5, 0.6) is 5.75 Å². The largest absolute Gasteiger partial charge is 0.492 e. The molecule has 0 radical (unpaired) electrons. The second-order valence-corrected chi connectivity index (χ2v) is 6.81. The van der Waals surface area contributed by atoms with Gasteiger partial charge in [0.1, 0.15) is 11.5 Å². The fraction of sp³-hybridized carbons (Fsp3) is 0.357. The first-order chi connectivity index (χ1) is 10.4. The summed E-state index contributed by atoms with van der Waals surface area (Å²) in [4.78, 5) is 0.0287. The highest BCUT2D eigenvalue weighted by atomic mass is 35.5. The van der Waals surface area contributed by atoms with E-state index in [9.17, 15) is 8.42 Å². The number of sulfonamides is 1. The van der Waals surface area contributed by atoms with E-state index in [1.165, 1.54) is 18.2 Å². The quantitative estimate of drug-likeness (QED) is 0.776. The van der Waals surface area contributed by atoms with Gasteiger partial charge in [0.25, 0.3) is 10.0 Å². The lowest BCUT2D eigenvalue weighted by molar-refractivity contribution is 0.309. The number of anilines is 1. The molecule has 0 unspecified atom stereocenters. The number of nitrogens with one attached hydrogen (secondary N) is 1. The van der Waals surface area contributed by atoms with E-state index in [0.29, 0.717) is 18.1 Å². The van der Waals surface area contributed by atoms with Crippen LogP contribution >= 0.6 is 11.6 Å². The summed E-state index contributed by atoms with van der Waals surface area (Å²) in [6.07, 6.45) is 1.91. The Kier molecular flexibility index (Phi) is 5.31. The van der Waals surface area contributed by atoms with Crippen molar-refractivity contribution in [3.05, 3.63) is 35.0 Å². The number of hydrogen-bond acceptors (Lipinski definition) is 5. The van der Waals surface area contributed by atoms with Crippen molar-refractivity contribution < 1.29 is 17.7 Å². The molecule has 1 aromatic carbocycles. The molecular formula is C14H17ClN2O4S. The molecule has 0 fully saturated rings. The lowest BCUT2D eigenvalue weighted by Crippen LogP contribution is -2.13. The fourth-order valence-electron chi connectivity index (χ4n) is 1.70. The SMILES string of the molecule is CCCCOc1ccc(S(=O)(=O)Nc2cc(C)on2)cc1Cl. The van der Waals surface area contributed by atoms with Crippen LogP contribution in [0.15, 0.2) is 33.7 Å². The summed E-state index contributed by atoms with van der Waals surface area (Å²) in [6.45, 7) is 4.26. The minimum Gasteiger partial charge on any atom is -0.492 e. The summed E-state index contributed by atoms with van der Waals surface area (Å²) < 4.78 is 37.1. The second-order valence-electron chi connectivity index (χ2n) is 4.72. The molecule has 0 atom stereocenters. The molecule has 0 spiro atoms. The number of hydrogen-bond donors (Lipinski definition) is 1. The molecule has 0 saturated carbocycles. The van der Waals surface area contributed by atoms with Crippen molar-refractivity contribution in [3.63, 3.8) is 0 Å². The zero-order chi connectivity index (χ0) is 16.2. The van der Waals surface area contributed by atoms with Gasteiger partial charge in [-0.25, -0.2) is 8.42 Å². The van der Waals surface area contributed by atoms with Crippen LogP contribution in [-0.2, 0) is 10.0 Å². The van der Waals surface area contributed by atoms with Gasteiger partial charge in [-0.05, 0) is 31.5 Å². The van der Waals surface area contributed by atoms with Gasteiger partial charge in [-0.15, -0.1) is 0 Å². The van der Waals surface area contributed by atoms with Crippen molar-refractivity contribution in [2.75, 3.05) is 11.3 Å². The monoisotopic (exact) mass is 344 g/mol. The highest BCUT2D eigenvalue weighted by Crippen LogP contribution is 2.28. The number of nitrogens with zero attached hydrogens (tertiary/aromatic N) is 1. The summed E-state index contributed by atoms with van der Waals surface area (Å²) >= 11 is 6.07. The number of ether oxygens (including phenoxy) is 1. The van der Waals surface area contributed by atoms with Gasteiger partial charge >= 0.3 is 0 Å². The Morgan fingerprint density at radius 2 is 2.14 bits per heavy atom. The predicted octanol–water partition coefficient (Wildman–Crippen LogP) is 3.62. The third kappa shape index (κ3) is 4.14. The lowest BCUT2D eigenvalue weighted by Gasteiger charge is -2.10. The minimum atomic E-state index is -3.78. The average molecular weight is 345 g/mol. The molecule has 0 aliphatic rings. The molecule has 1 N–H and O–H groups in total. The first kappa shape index (κ1) is 16.6. The molecule has 1 heterocycles. The number of benzene rings is 1. The maximum atomic E-state index is 12.2. The van der Waals surface area contributed by atoms with Crippen molar-refractivity contribution in [2.24, 2.45) is 0 Å². The van der Waals surface area contributed by atoms with E-state index in [0.717, 1.165) is 12.8 Å². The first-order valence-corrected chi connectivity index (χ1v) is 8.67. The van der Waals surface area contributed by atoms with E-state index in [-0.39, 0.29) is 15.7 Å². The van der Waals surface area contributed by atoms with Crippen molar-refractivity contribution in [1.29, 1.82) is 0 Å². The molecule has 22 heavy (non-hydrogen) atoms. The van der Waals surface area contributed by atoms with E-state index < -0.39 is 10.0 Å². The highest BCUT2D eigenvalue weighted by molar-refractivity contribution is 7.92. The lowest BCUT2D eigenvalue weighted by atomic mass is 10.3. The third-order valence-electron chi connectivity index (χ3n) is 2.84. The van der Waals surface area contributed by atoms with Gasteiger partial charge < -0.3 is 9.26 Å². The van der Waals surface area contributed by atoms with Crippen LogP contribution in [0.1, 0.15) is 25.5 Å². The minimum absolute atomic E-state index is 0.0287. The van der Waals surface area contributed by atoms with Gasteiger partial charge in [-0.2, -0.15) is 0 Å². The Morgan fingerprint density at radius 1 is 1.36 bits per heavy atom. The van der Waals surface area contributed by atoms with Crippen molar-refractivity contribution in [2.45, 2.75) is 31.6 Å². The molecule has 1 aromatic heterocycles. The van der Waals surface area contributed by atoms with Crippen LogP contribution in [0.3, 0.4) is 0 Å². The fourth-order valence-corrected chi connectivity index (χ4v) is 3.01. The number of rotatable bonds is 7. The van der Waals surface area contributed by atoms with Gasteiger partial charge in [0.15, 0.2) is 5.82 Å². The molecule has 8 heteroatoms. The zero-order valence-corrected chi connectivity index (χ0v) is 13.9. The molecule has 0 bridgehead atoms. The molecular weight excluding hydrogens is 328 g/mol. The number of halogens is 1. The topological polar surface area (TPSA) is 81.4 Å². The summed E-state index contributed by atoms with van der Waals surface area (Å²) in [6, 6.07) is 5.81. The Hall–Kier alpha value is -1.73.